The molecular weight excluding hydrogens is 296 g/mol. The predicted octanol–water partition coefficient (Wildman–Crippen LogP) is 1.59. The van der Waals surface area contributed by atoms with Crippen molar-refractivity contribution < 1.29 is 14.4 Å². The molecule has 2 aromatic heterocycles. The summed E-state index contributed by atoms with van der Waals surface area (Å²) < 4.78 is 5.12. The third kappa shape index (κ3) is 5.78. The molecule has 0 aliphatic rings. The van der Waals surface area contributed by atoms with E-state index < -0.39 is 6.10 Å². The van der Waals surface area contributed by atoms with Crippen LogP contribution < -0.4 is 5.32 Å². The lowest BCUT2D eigenvalue weighted by atomic mass is 10.1. The van der Waals surface area contributed by atoms with Gasteiger partial charge in [-0.25, -0.2) is 0 Å². The summed E-state index contributed by atoms with van der Waals surface area (Å²) in [5, 5.41) is 16.5. The summed E-state index contributed by atoms with van der Waals surface area (Å²) in [4.78, 5) is 19.9. The van der Waals surface area contributed by atoms with Crippen molar-refractivity contribution >= 4 is 5.91 Å². The number of aliphatic hydroxyl groups is 1. The first kappa shape index (κ1) is 17.1. The molecule has 0 aliphatic carbocycles. The number of aromatic nitrogens is 3. The van der Waals surface area contributed by atoms with Crippen LogP contribution in [-0.4, -0.2) is 32.7 Å². The third-order valence-corrected chi connectivity index (χ3v) is 3.36. The van der Waals surface area contributed by atoms with Crippen LogP contribution in [0.25, 0.3) is 0 Å². The summed E-state index contributed by atoms with van der Waals surface area (Å²) in [7, 11) is 0. The van der Waals surface area contributed by atoms with Crippen LogP contribution in [0.2, 0.25) is 0 Å². The maximum absolute atomic E-state index is 11.8. The maximum atomic E-state index is 11.8. The predicted molar refractivity (Wildman–Crippen MR) is 83.4 cm³/mol. The number of hydrogen-bond acceptors (Lipinski definition) is 6. The molecule has 1 atom stereocenters. The highest BCUT2D eigenvalue weighted by Gasteiger charge is 2.10. The zero-order valence-corrected chi connectivity index (χ0v) is 13.2. The summed E-state index contributed by atoms with van der Waals surface area (Å²) in [6.07, 6.45) is 5.83. The largest absolute Gasteiger partial charge is 0.387 e. The molecular formula is C16H22N4O3. The van der Waals surface area contributed by atoms with Crippen LogP contribution in [0.3, 0.4) is 0 Å². The maximum Gasteiger partial charge on any atom is 0.226 e. The standard InChI is InChI=1S/C16H22N4O3/c1-2-4-14-19-16(23-20-14)6-3-5-15(22)18-11-13(21)12-7-9-17-10-8-12/h7-10,13,21H,2-6,11H2,1H3,(H,18,22)/t13-/m0/s1. The van der Waals surface area contributed by atoms with Crippen molar-refractivity contribution in [1.82, 2.24) is 20.4 Å². The number of carbonyl (C=O) groups excluding carboxylic acids is 1. The minimum Gasteiger partial charge on any atom is -0.387 e. The molecule has 0 radical (unpaired) electrons. The van der Waals surface area contributed by atoms with Gasteiger partial charge in [0.25, 0.3) is 0 Å². The molecule has 0 aliphatic heterocycles. The monoisotopic (exact) mass is 318 g/mol. The Balaban J connectivity index is 1.65. The number of aryl methyl sites for hydroxylation is 2. The molecule has 1 amide bonds. The molecule has 2 heterocycles. The number of hydrogen-bond donors (Lipinski definition) is 2. The Hall–Kier alpha value is -2.28. The summed E-state index contributed by atoms with van der Waals surface area (Å²) in [6.45, 7) is 2.24. The second-order valence-corrected chi connectivity index (χ2v) is 5.31. The van der Waals surface area contributed by atoms with Gasteiger partial charge in [-0.3, -0.25) is 9.78 Å². The van der Waals surface area contributed by atoms with E-state index in [4.69, 9.17) is 4.52 Å². The first-order chi connectivity index (χ1) is 11.2. The van der Waals surface area contributed by atoms with E-state index in [2.05, 4.69) is 27.4 Å². The Morgan fingerprint density at radius 2 is 2.13 bits per heavy atom. The summed E-state index contributed by atoms with van der Waals surface area (Å²) in [5.74, 6) is 1.18. The quantitative estimate of drug-likeness (QED) is 0.728. The lowest BCUT2D eigenvalue weighted by Gasteiger charge is -2.11. The molecule has 0 saturated heterocycles. The van der Waals surface area contributed by atoms with Gasteiger partial charge < -0.3 is 14.9 Å². The van der Waals surface area contributed by atoms with Crippen LogP contribution in [-0.2, 0) is 17.6 Å². The second kappa shape index (κ2) is 8.99. The number of rotatable bonds is 9. The molecule has 0 spiro atoms. The van der Waals surface area contributed by atoms with Crippen molar-refractivity contribution in [3.05, 3.63) is 41.8 Å². The second-order valence-electron chi connectivity index (χ2n) is 5.31. The highest BCUT2D eigenvalue weighted by molar-refractivity contribution is 5.75. The molecule has 2 rings (SSSR count). The van der Waals surface area contributed by atoms with Crippen LogP contribution in [0.1, 0.15) is 49.6 Å². The number of amides is 1. The fraction of sp³-hybridized carbons (Fsp3) is 0.500. The van der Waals surface area contributed by atoms with E-state index in [1.54, 1.807) is 24.5 Å². The van der Waals surface area contributed by atoms with Crippen molar-refractivity contribution in [2.45, 2.75) is 45.1 Å². The van der Waals surface area contributed by atoms with Gasteiger partial charge in [0, 0.05) is 38.2 Å². The van der Waals surface area contributed by atoms with E-state index in [-0.39, 0.29) is 12.5 Å². The van der Waals surface area contributed by atoms with Crippen LogP contribution >= 0.6 is 0 Å². The van der Waals surface area contributed by atoms with Gasteiger partial charge in [0.1, 0.15) is 0 Å². The van der Waals surface area contributed by atoms with Gasteiger partial charge in [0.15, 0.2) is 5.82 Å². The molecule has 23 heavy (non-hydrogen) atoms. The molecule has 0 saturated carbocycles. The average molecular weight is 318 g/mol. The van der Waals surface area contributed by atoms with E-state index in [1.807, 2.05) is 0 Å². The Morgan fingerprint density at radius 3 is 2.87 bits per heavy atom. The molecule has 0 fully saturated rings. The van der Waals surface area contributed by atoms with Gasteiger partial charge in [-0.1, -0.05) is 12.1 Å². The summed E-state index contributed by atoms with van der Waals surface area (Å²) >= 11 is 0. The van der Waals surface area contributed by atoms with E-state index in [1.165, 1.54) is 0 Å². The van der Waals surface area contributed by atoms with Crippen molar-refractivity contribution in [2.24, 2.45) is 0 Å². The molecule has 0 aromatic carbocycles. The highest BCUT2D eigenvalue weighted by Crippen LogP contribution is 2.10. The molecule has 124 valence electrons. The number of pyridine rings is 1. The van der Waals surface area contributed by atoms with Gasteiger partial charge in [-0.2, -0.15) is 4.98 Å². The zero-order chi connectivity index (χ0) is 16.5. The SMILES string of the molecule is CCCc1noc(CCCC(=O)NC[C@H](O)c2ccncc2)n1. The van der Waals surface area contributed by atoms with E-state index in [0.29, 0.717) is 31.0 Å². The number of aliphatic hydroxyl groups excluding tert-OH is 1. The van der Waals surface area contributed by atoms with E-state index in [0.717, 1.165) is 18.4 Å². The van der Waals surface area contributed by atoms with Crippen molar-refractivity contribution in [1.29, 1.82) is 0 Å². The molecule has 7 heteroatoms. The lowest BCUT2D eigenvalue weighted by molar-refractivity contribution is -0.121. The van der Waals surface area contributed by atoms with Gasteiger partial charge in [-0.05, 0) is 30.5 Å². The fourth-order valence-corrected chi connectivity index (χ4v) is 2.12. The molecule has 0 unspecified atom stereocenters. The first-order valence-corrected chi connectivity index (χ1v) is 7.85. The molecule has 7 nitrogen and oxygen atoms in total. The van der Waals surface area contributed by atoms with Crippen LogP contribution in [0, 0.1) is 0 Å². The third-order valence-electron chi connectivity index (χ3n) is 3.36. The van der Waals surface area contributed by atoms with Crippen LogP contribution in [0.4, 0.5) is 0 Å². The average Bonchev–Trinajstić information content (AvgIpc) is 3.01. The van der Waals surface area contributed by atoms with Gasteiger partial charge in [-0.15, -0.1) is 0 Å². The Labute approximate surface area is 135 Å². The Morgan fingerprint density at radius 1 is 1.35 bits per heavy atom. The summed E-state index contributed by atoms with van der Waals surface area (Å²) in [6, 6.07) is 3.45. The van der Waals surface area contributed by atoms with Gasteiger partial charge in [0.05, 0.1) is 6.10 Å². The van der Waals surface area contributed by atoms with E-state index in [9.17, 15) is 9.90 Å². The van der Waals surface area contributed by atoms with Crippen molar-refractivity contribution in [3.8, 4) is 0 Å². The van der Waals surface area contributed by atoms with Crippen molar-refractivity contribution in [2.75, 3.05) is 6.54 Å². The highest BCUT2D eigenvalue weighted by atomic mass is 16.5. The molecule has 2 aromatic rings. The lowest BCUT2D eigenvalue weighted by Crippen LogP contribution is -2.28. The Kier molecular flexibility index (Phi) is 6.68. The summed E-state index contributed by atoms with van der Waals surface area (Å²) in [5.41, 5.74) is 0.731. The topological polar surface area (TPSA) is 101 Å². The molecule has 0 bridgehead atoms. The van der Waals surface area contributed by atoms with Crippen molar-refractivity contribution in [3.63, 3.8) is 0 Å². The number of carbonyl (C=O) groups is 1. The normalized spacial score (nSPS) is 12.1. The zero-order valence-electron chi connectivity index (χ0n) is 13.2. The van der Waals surface area contributed by atoms with Gasteiger partial charge >= 0.3 is 0 Å². The van der Waals surface area contributed by atoms with Gasteiger partial charge in [0.2, 0.25) is 11.8 Å². The number of nitrogens with one attached hydrogen (secondary N) is 1. The minimum absolute atomic E-state index is 0.105. The Bertz CT molecular complexity index is 600. The van der Waals surface area contributed by atoms with Crippen LogP contribution in [0.15, 0.2) is 29.0 Å². The first-order valence-electron chi connectivity index (χ1n) is 7.85. The minimum atomic E-state index is -0.727. The number of nitrogens with zero attached hydrogens (tertiary/aromatic N) is 3. The van der Waals surface area contributed by atoms with E-state index >= 15 is 0 Å². The fourth-order valence-electron chi connectivity index (χ4n) is 2.12. The molecule has 2 N–H and O–H groups in total. The van der Waals surface area contributed by atoms with Crippen LogP contribution in [0.5, 0.6) is 0 Å². The smallest absolute Gasteiger partial charge is 0.226 e.